The molecule has 1 N–H and O–H groups in total. The number of carbonyl (C=O) groups excluding carboxylic acids is 5. The number of cyclic esters (lactones) is 1. The zero-order valence-corrected chi connectivity index (χ0v) is 26.2. The van der Waals surface area contributed by atoms with E-state index in [4.69, 9.17) is 23.4 Å². The molecule has 238 valence electrons. The van der Waals surface area contributed by atoms with Crippen LogP contribution in [0, 0.1) is 34.0 Å². The molecule has 4 fully saturated rings. The number of carbonyl (C=O) groups is 5. The minimum absolute atomic E-state index is 0.0523. The van der Waals surface area contributed by atoms with Crippen LogP contribution in [-0.4, -0.2) is 59.2 Å². The van der Waals surface area contributed by atoms with E-state index in [0.717, 1.165) is 0 Å². The van der Waals surface area contributed by atoms with Crippen LogP contribution >= 0.6 is 0 Å². The molecule has 1 saturated heterocycles. The van der Waals surface area contributed by atoms with Gasteiger partial charge in [0.05, 0.1) is 32.0 Å². The van der Waals surface area contributed by atoms with E-state index >= 15 is 4.79 Å². The maximum absolute atomic E-state index is 15.3. The summed E-state index contributed by atoms with van der Waals surface area (Å²) in [4.78, 5) is 67.6. The van der Waals surface area contributed by atoms with E-state index < -0.39 is 87.1 Å². The Bertz CT molecular complexity index is 1490. The second kappa shape index (κ2) is 9.52. The maximum atomic E-state index is 15.3. The number of Topliss-reactive ketones (excluding diaryl/α,β-unsaturated/α-hetero) is 1. The van der Waals surface area contributed by atoms with Gasteiger partial charge in [0.2, 0.25) is 11.4 Å². The lowest BCUT2D eigenvalue weighted by Crippen LogP contribution is -2.79. The lowest BCUT2D eigenvalue weighted by molar-refractivity contribution is -0.280. The summed E-state index contributed by atoms with van der Waals surface area (Å²) in [6.07, 6.45) is 1.42. The lowest BCUT2D eigenvalue weighted by Gasteiger charge is -2.66. The van der Waals surface area contributed by atoms with E-state index in [0.29, 0.717) is 24.0 Å². The molecule has 9 atom stereocenters. The molecule has 1 aromatic rings. The topological polar surface area (TPSA) is 156 Å². The Morgan fingerprint density at radius 1 is 1.16 bits per heavy atom. The van der Waals surface area contributed by atoms with Crippen LogP contribution in [0.2, 0.25) is 0 Å². The molecule has 0 radical (unpaired) electrons. The third kappa shape index (κ3) is 3.50. The van der Waals surface area contributed by atoms with Crippen LogP contribution in [0.5, 0.6) is 0 Å². The minimum Gasteiger partial charge on any atom is -0.472 e. The van der Waals surface area contributed by atoms with Gasteiger partial charge < -0.3 is 28.5 Å². The number of aliphatic hydroxyl groups is 1. The Labute approximate surface area is 255 Å². The van der Waals surface area contributed by atoms with Gasteiger partial charge in [-0.1, -0.05) is 34.6 Å². The standard InChI is InChI=1S/C33H40O11/c1-16(2)27(38)44-33-25(37)24-19(8-10-29(4)20(24)12-23(36)43-26(29)18-9-11-41-14-18)31(6)21(13-22(35)40-7)30(5,15-32(31,33)39)28(33)42-17(3)34/h9,11,14,16,19,21,26,28,39H,8,10,12-13,15H2,1-7H3. The second-order valence-corrected chi connectivity index (χ2v) is 14.3. The van der Waals surface area contributed by atoms with Crippen molar-refractivity contribution in [3.8, 4) is 0 Å². The molecule has 11 heteroatoms. The first-order chi connectivity index (χ1) is 20.5. The third-order valence-corrected chi connectivity index (χ3v) is 11.9. The molecule has 0 aromatic carbocycles. The first-order valence-corrected chi connectivity index (χ1v) is 15.2. The first-order valence-electron chi connectivity index (χ1n) is 15.2. The maximum Gasteiger partial charge on any atom is 0.310 e. The van der Waals surface area contributed by atoms with Gasteiger partial charge in [-0.15, -0.1) is 0 Å². The summed E-state index contributed by atoms with van der Waals surface area (Å²) in [6, 6.07) is 1.72. The zero-order chi connectivity index (χ0) is 32.2. The predicted molar refractivity (Wildman–Crippen MR) is 150 cm³/mol. The number of esters is 4. The summed E-state index contributed by atoms with van der Waals surface area (Å²) >= 11 is 0. The molecule has 1 aromatic heterocycles. The second-order valence-electron chi connectivity index (χ2n) is 14.3. The van der Waals surface area contributed by atoms with Gasteiger partial charge in [0.15, 0.2) is 6.10 Å². The Morgan fingerprint density at radius 3 is 2.45 bits per heavy atom. The molecule has 1 aliphatic heterocycles. The van der Waals surface area contributed by atoms with Gasteiger partial charge in [-0.25, -0.2) is 0 Å². The smallest absolute Gasteiger partial charge is 0.310 e. The van der Waals surface area contributed by atoms with Crippen molar-refractivity contribution in [1.29, 1.82) is 0 Å². The van der Waals surface area contributed by atoms with E-state index in [9.17, 15) is 24.3 Å². The van der Waals surface area contributed by atoms with Crippen LogP contribution in [0.15, 0.2) is 34.2 Å². The molecule has 4 aliphatic carbocycles. The highest BCUT2D eigenvalue weighted by molar-refractivity contribution is 6.09. The Balaban J connectivity index is 1.67. The Morgan fingerprint density at radius 2 is 1.86 bits per heavy atom. The van der Waals surface area contributed by atoms with Crippen LogP contribution in [-0.2, 0) is 42.9 Å². The molecular weight excluding hydrogens is 572 g/mol. The summed E-state index contributed by atoms with van der Waals surface area (Å²) in [5, 5.41) is 13.0. The average Bonchev–Trinajstić information content (AvgIpc) is 3.59. The van der Waals surface area contributed by atoms with E-state index in [1.807, 2.05) is 13.8 Å². The van der Waals surface area contributed by atoms with E-state index in [2.05, 4.69) is 0 Å². The van der Waals surface area contributed by atoms with Crippen LogP contribution in [0.4, 0.5) is 0 Å². The van der Waals surface area contributed by atoms with Crippen molar-refractivity contribution in [1.82, 2.24) is 0 Å². The molecule has 6 rings (SSSR count). The van der Waals surface area contributed by atoms with Gasteiger partial charge in [0.1, 0.15) is 11.7 Å². The van der Waals surface area contributed by atoms with Crippen molar-refractivity contribution in [2.24, 2.45) is 34.0 Å². The number of hydrogen-bond donors (Lipinski definition) is 1. The molecular formula is C33H40O11. The van der Waals surface area contributed by atoms with Gasteiger partial charge in [-0.05, 0) is 42.7 Å². The highest BCUT2D eigenvalue weighted by Gasteiger charge is 2.91. The van der Waals surface area contributed by atoms with Crippen LogP contribution in [0.1, 0.15) is 85.3 Å². The Hall–Kier alpha value is -3.47. The first kappa shape index (κ1) is 30.6. The highest BCUT2D eigenvalue weighted by atomic mass is 16.6. The summed E-state index contributed by atoms with van der Waals surface area (Å²) in [7, 11) is 1.28. The minimum atomic E-state index is -2.31. The number of rotatable bonds is 6. The number of furan rings is 1. The van der Waals surface area contributed by atoms with Crippen molar-refractivity contribution in [2.75, 3.05) is 7.11 Å². The predicted octanol–water partition coefficient (Wildman–Crippen LogP) is 3.77. The third-order valence-electron chi connectivity index (χ3n) is 11.9. The van der Waals surface area contributed by atoms with Crippen molar-refractivity contribution in [2.45, 2.75) is 97.1 Å². The van der Waals surface area contributed by atoms with Gasteiger partial charge in [-0.3, -0.25) is 24.0 Å². The van der Waals surface area contributed by atoms with Crippen molar-refractivity contribution in [3.63, 3.8) is 0 Å². The summed E-state index contributed by atoms with van der Waals surface area (Å²) in [5.41, 5.74) is -6.02. The van der Waals surface area contributed by atoms with Crippen LogP contribution < -0.4 is 0 Å². The monoisotopic (exact) mass is 612 g/mol. The van der Waals surface area contributed by atoms with E-state index in [1.54, 1.807) is 26.8 Å². The molecule has 9 unspecified atom stereocenters. The molecule has 5 aliphatic rings. The van der Waals surface area contributed by atoms with Gasteiger partial charge in [-0.2, -0.15) is 0 Å². The quantitative estimate of drug-likeness (QED) is 0.369. The van der Waals surface area contributed by atoms with E-state index in [-0.39, 0.29) is 24.8 Å². The van der Waals surface area contributed by atoms with E-state index in [1.165, 1.54) is 26.6 Å². The molecule has 44 heavy (non-hydrogen) atoms. The average molecular weight is 613 g/mol. The molecule has 0 amide bonds. The number of ether oxygens (including phenoxy) is 4. The fourth-order valence-corrected chi connectivity index (χ4v) is 9.95. The van der Waals surface area contributed by atoms with Gasteiger partial charge >= 0.3 is 23.9 Å². The summed E-state index contributed by atoms with van der Waals surface area (Å²) in [6.45, 7) is 9.96. The molecule has 11 nitrogen and oxygen atoms in total. The normalized spacial score (nSPS) is 42.0. The van der Waals surface area contributed by atoms with Gasteiger partial charge in [0, 0.05) is 40.7 Å². The number of hydrogen-bond acceptors (Lipinski definition) is 11. The fraction of sp³-hybridized carbons (Fsp3) is 0.667. The lowest BCUT2D eigenvalue weighted by atomic mass is 9.41. The zero-order valence-electron chi connectivity index (χ0n) is 26.2. The SMILES string of the molecule is COC(=O)CC1C2(C)CC3(O)C(OC(=O)C(C)C)(C(=O)C4=C5CC(=O)OC(c6ccoc6)C5(C)CCC4C13C)C2OC(C)=O. The van der Waals surface area contributed by atoms with Crippen molar-refractivity contribution >= 4 is 29.7 Å². The van der Waals surface area contributed by atoms with Crippen molar-refractivity contribution in [3.05, 3.63) is 35.3 Å². The highest BCUT2D eigenvalue weighted by Crippen LogP contribution is 2.80. The summed E-state index contributed by atoms with van der Waals surface area (Å²) in [5.74, 6) is -5.10. The fourth-order valence-electron chi connectivity index (χ4n) is 9.95. The molecule has 2 bridgehead atoms. The summed E-state index contributed by atoms with van der Waals surface area (Å²) < 4.78 is 28.4. The molecule has 0 spiro atoms. The number of methoxy groups -OCH3 is 1. The van der Waals surface area contributed by atoms with Crippen LogP contribution in [0.25, 0.3) is 0 Å². The number of ketones is 1. The van der Waals surface area contributed by atoms with Crippen LogP contribution in [0.3, 0.4) is 0 Å². The van der Waals surface area contributed by atoms with Crippen molar-refractivity contribution < 1.29 is 52.4 Å². The molecule has 2 heterocycles. The molecule has 3 saturated carbocycles. The largest absolute Gasteiger partial charge is 0.472 e. The Kier molecular flexibility index (Phi) is 6.61. The van der Waals surface area contributed by atoms with Gasteiger partial charge in [0.25, 0.3) is 0 Å². The number of fused-ring (bicyclic) bond motifs is 4.